The van der Waals surface area contributed by atoms with E-state index in [1.165, 1.54) is 17.1 Å². The zero-order chi connectivity index (χ0) is 14.0. The molecule has 2 fully saturated rings. The van der Waals surface area contributed by atoms with E-state index in [-0.39, 0.29) is 0 Å². The van der Waals surface area contributed by atoms with Gasteiger partial charge < -0.3 is 10.1 Å². The standard InChI is InChI=1S/C14H20N2O3S/c17-20(18,16-7-9-19-10-8-16)14-5-1-12(2-6-14)11-15-13-3-4-13/h1-2,5-6,13,15H,3-4,7-11H2. The summed E-state index contributed by atoms with van der Waals surface area (Å²) >= 11 is 0. The van der Waals surface area contributed by atoms with Crippen molar-refractivity contribution in [2.24, 2.45) is 0 Å². The van der Waals surface area contributed by atoms with Gasteiger partial charge in [0.15, 0.2) is 0 Å². The van der Waals surface area contributed by atoms with Gasteiger partial charge in [-0.05, 0) is 30.5 Å². The van der Waals surface area contributed by atoms with Gasteiger partial charge in [-0.2, -0.15) is 4.31 Å². The van der Waals surface area contributed by atoms with Crippen LogP contribution in [0.3, 0.4) is 0 Å². The van der Waals surface area contributed by atoms with E-state index < -0.39 is 10.0 Å². The molecule has 1 aromatic rings. The maximum atomic E-state index is 12.4. The number of sulfonamides is 1. The van der Waals surface area contributed by atoms with Crippen LogP contribution in [0.2, 0.25) is 0 Å². The first-order valence-corrected chi connectivity index (χ1v) is 8.50. The quantitative estimate of drug-likeness (QED) is 0.879. The Labute approximate surface area is 120 Å². The first-order chi connectivity index (χ1) is 9.66. The van der Waals surface area contributed by atoms with Gasteiger partial charge in [0.1, 0.15) is 0 Å². The van der Waals surface area contributed by atoms with Crippen molar-refractivity contribution in [2.75, 3.05) is 26.3 Å². The maximum absolute atomic E-state index is 12.4. The van der Waals surface area contributed by atoms with Crippen LogP contribution in [0.4, 0.5) is 0 Å². The lowest BCUT2D eigenvalue weighted by Crippen LogP contribution is -2.40. The van der Waals surface area contributed by atoms with Crippen molar-refractivity contribution in [3.63, 3.8) is 0 Å². The van der Waals surface area contributed by atoms with Crippen molar-refractivity contribution < 1.29 is 13.2 Å². The highest BCUT2D eigenvalue weighted by Crippen LogP contribution is 2.20. The van der Waals surface area contributed by atoms with Crippen LogP contribution in [0.1, 0.15) is 18.4 Å². The zero-order valence-electron chi connectivity index (χ0n) is 11.4. The maximum Gasteiger partial charge on any atom is 0.243 e. The second kappa shape index (κ2) is 5.81. The van der Waals surface area contributed by atoms with Gasteiger partial charge in [0, 0.05) is 25.7 Å². The Morgan fingerprint density at radius 1 is 1.15 bits per heavy atom. The second-order valence-electron chi connectivity index (χ2n) is 5.32. The molecule has 1 aliphatic carbocycles. The third-order valence-electron chi connectivity index (χ3n) is 3.70. The van der Waals surface area contributed by atoms with Gasteiger partial charge in [-0.25, -0.2) is 8.42 Å². The lowest BCUT2D eigenvalue weighted by atomic mass is 10.2. The van der Waals surface area contributed by atoms with Gasteiger partial charge in [0.25, 0.3) is 0 Å². The molecule has 20 heavy (non-hydrogen) atoms. The molecule has 3 rings (SSSR count). The van der Waals surface area contributed by atoms with Crippen LogP contribution in [0.5, 0.6) is 0 Å². The fraction of sp³-hybridized carbons (Fsp3) is 0.571. The van der Waals surface area contributed by atoms with Gasteiger partial charge in [0.2, 0.25) is 10.0 Å². The van der Waals surface area contributed by atoms with E-state index in [1.807, 2.05) is 12.1 Å². The van der Waals surface area contributed by atoms with E-state index in [9.17, 15) is 8.42 Å². The fourth-order valence-corrected chi connectivity index (χ4v) is 3.67. The summed E-state index contributed by atoms with van der Waals surface area (Å²) in [6.07, 6.45) is 2.51. The molecule has 1 saturated carbocycles. The van der Waals surface area contributed by atoms with Crippen molar-refractivity contribution in [2.45, 2.75) is 30.3 Å². The zero-order valence-corrected chi connectivity index (χ0v) is 12.2. The Kier molecular flexibility index (Phi) is 4.07. The number of nitrogens with zero attached hydrogens (tertiary/aromatic N) is 1. The lowest BCUT2D eigenvalue weighted by molar-refractivity contribution is 0.0730. The highest BCUT2D eigenvalue weighted by Gasteiger charge is 2.26. The van der Waals surface area contributed by atoms with Crippen LogP contribution in [-0.4, -0.2) is 45.1 Å². The number of hydrogen-bond acceptors (Lipinski definition) is 4. The second-order valence-corrected chi connectivity index (χ2v) is 7.25. The van der Waals surface area contributed by atoms with E-state index in [0.717, 1.165) is 12.1 Å². The van der Waals surface area contributed by atoms with Crippen LogP contribution < -0.4 is 5.32 Å². The van der Waals surface area contributed by atoms with Crippen molar-refractivity contribution in [1.82, 2.24) is 9.62 Å². The number of hydrogen-bond donors (Lipinski definition) is 1. The van der Waals surface area contributed by atoms with Crippen molar-refractivity contribution >= 4 is 10.0 Å². The largest absolute Gasteiger partial charge is 0.379 e. The van der Waals surface area contributed by atoms with Crippen LogP contribution in [0.25, 0.3) is 0 Å². The number of morpholine rings is 1. The van der Waals surface area contributed by atoms with Gasteiger partial charge >= 0.3 is 0 Å². The fourth-order valence-electron chi connectivity index (χ4n) is 2.26. The Balaban J connectivity index is 1.68. The molecule has 1 heterocycles. The summed E-state index contributed by atoms with van der Waals surface area (Å²) in [7, 11) is -3.36. The van der Waals surface area contributed by atoms with Crippen LogP contribution in [0, 0.1) is 0 Å². The third kappa shape index (κ3) is 3.20. The van der Waals surface area contributed by atoms with Crippen LogP contribution >= 0.6 is 0 Å². The molecule has 0 unspecified atom stereocenters. The molecule has 1 aliphatic heterocycles. The van der Waals surface area contributed by atoms with Crippen molar-refractivity contribution in [3.8, 4) is 0 Å². The molecule has 0 amide bonds. The van der Waals surface area contributed by atoms with E-state index in [0.29, 0.717) is 37.2 Å². The Bertz CT molecular complexity index is 546. The summed E-state index contributed by atoms with van der Waals surface area (Å²) < 4.78 is 31.5. The molecule has 2 aliphatic rings. The molecule has 1 aromatic carbocycles. The summed E-state index contributed by atoms with van der Waals surface area (Å²) in [5.74, 6) is 0. The smallest absolute Gasteiger partial charge is 0.243 e. The van der Waals surface area contributed by atoms with E-state index in [2.05, 4.69) is 5.32 Å². The molecule has 0 atom stereocenters. The monoisotopic (exact) mass is 296 g/mol. The number of nitrogens with one attached hydrogen (secondary N) is 1. The average molecular weight is 296 g/mol. The van der Waals surface area contributed by atoms with E-state index in [1.54, 1.807) is 12.1 Å². The SMILES string of the molecule is O=S(=O)(c1ccc(CNC2CC2)cc1)N1CCOCC1. The first kappa shape index (κ1) is 14.0. The minimum Gasteiger partial charge on any atom is -0.379 e. The molecule has 6 heteroatoms. The van der Waals surface area contributed by atoms with E-state index in [4.69, 9.17) is 4.74 Å². The van der Waals surface area contributed by atoms with Crippen LogP contribution in [0.15, 0.2) is 29.2 Å². The Hall–Kier alpha value is -0.950. The third-order valence-corrected chi connectivity index (χ3v) is 5.62. The van der Waals surface area contributed by atoms with Crippen molar-refractivity contribution in [3.05, 3.63) is 29.8 Å². The predicted octanol–water partition coefficient (Wildman–Crippen LogP) is 0.960. The number of rotatable bonds is 5. The molecule has 110 valence electrons. The molecule has 0 bridgehead atoms. The first-order valence-electron chi connectivity index (χ1n) is 7.06. The van der Waals surface area contributed by atoms with Gasteiger partial charge in [-0.1, -0.05) is 12.1 Å². The molecule has 0 radical (unpaired) electrons. The summed E-state index contributed by atoms with van der Waals surface area (Å²) in [5.41, 5.74) is 1.12. The highest BCUT2D eigenvalue weighted by atomic mass is 32.2. The van der Waals surface area contributed by atoms with Gasteiger partial charge in [0.05, 0.1) is 18.1 Å². The summed E-state index contributed by atoms with van der Waals surface area (Å²) in [6, 6.07) is 7.85. The van der Waals surface area contributed by atoms with Crippen LogP contribution in [-0.2, 0) is 21.3 Å². The average Bonchev–Trinajstić information content (AvgIpc) is 3.31. The van der Waals surface area contributed by atoms with E-state index >= 15 is 0 Å². The molecular weight excluding hydrogens is 276 g/mol. The Morgan fingerprint density at radius 2 is 1.80 bits per heavy atom. The summed E-state index contributed by atoms with van der Waals surface area (Å²) in [5, 5.41) is 3.42. The lowest BCUT2D eigenvalue weighted by Gasteiger charge is -2.26. The highest BCUT2D eigenvalue weighted by molar-refractivity contribution is 7.89. The number of benzene rings is 1. The van der Waals surface area contributed by atoms with Gasteiger partial charge in [-0.3, -0.25) is 0 Å². The number of ether oxygens (including phenoxy) is 1. The molecule has 1 N–H and O–H groups in total. The molecule has 5 nitrogen and oxygen atoms in total. The normalized spacial score (nSPS) is 21.0. The molecule has 0 spiro atoms. The Morgan fingerprint density at radius 3 is 2.40 bits per heavy atom. The molecule has 0 aromatic heterocycles. The topological polar surface area (TPSA) is 58.6 Å². The minimum atomic E-state index is -3.36. The molecule has 1 saturated heterocycles. The predicted molar refractivity (Wildman–Crippen MR) is 75.9 cm³/mol. The van der Waals surface area contributed by atoms with Gasteiger partial charge in [-0.15, -0.1) is 0 Å². The summed E-state index contributed by atoms with van der Waals surface area (Å²) in [6.45, 7) is 2.63. The minimum absolute atomic E-state index is 0.370. The molecular formula is C14H20N2O3S. The van der Waals surface area contributed by atoms with Crippen molar-refractivity contribution in [1.29, 1.82) is 0 Å². The summed E-state index contributed by atoms with van der Waals surface area (Å²) in [4.78, 5) is 0.370.